The fourth-order valence-electron chi connectivity index (χ4n) is 2.94. The lowest BCUT2D eigenvalue weighted by Crippen LogP contribution is -2.06. The summed E-state index contributed by atoms with van der Waals surface area (Å²) in [6, 6.07) is 10.8. The highest BCUT2D eigenvalue weighted by atomic mass is 35.5. The van der Waals surface area contributed by atoms with Gasteiger partial charge in [-0.25, -0.2) is 4.85 Å². The van der Waals surface area contributed by atoms with Crippen LogP contribution in [0.25, 0.3) is 15.7 Å². The van der Waals surface area contributed by atoms with Crippen molar-refractivity contribution in [2.75, 3.05) is 12.4 Å². The molecule has 0 bridgehead atoms. The Bertz CT molecular complexity index is 1080. The zero-order chi connectivity index (χ0) is 20.1. The van der Waals surface area contributed by atoms with E-state index < -0.39 is 5.97 Å². The van der Waals surface area contributed by atoms with Crippen LogP contribution in [0, 0.1) is 6.57 Å². The van der Waals surface area contributed by atoms with Crippen molar-refractivity contribution in [2.24, 2.45) is 0 Å². The maximum atomic E-state index is 11.0. The first kappa shape index (κ1) is 19.5. The average molecular weight is 396 g/mol. The number of carboxylic acids is 1. The smallest absolute Gasteiger partial charge is 0.303 e. The molecule has 7 heteroatoms. The highest BCUT2D eigenvalue weighted by Crippen LogP contribution is 2.31. The van der Waals surface area contributed by atoms with Gasteiger partial charge in [0.15, 0.2) is 5.69 Å². The molecule has 2 aromatic carbocycles. The van der Waals surface area contributed by atoms with E-state index in [-0.39, 0.29) is 6.42 Å². The zero-order valence-electron chi connectivity index (χ0n) is 15.2. The summed E-state index contributed by atoms with van der Waals surface area (Å²) in [5.74, 6) is -0.272. The number of pyridine rings is 1. The second kappa shape index (κ2) is 8.59. The number of carbonyl (C=O) groups is 1. The summed E-state index contributed by atoms with van der Waals surface area (Å²) in [5.41, 5.74) is 3.75. The molecule has 0 aliphatic rings. The van der Waals surface area contributed by atoms with E-state index in [0.717, 1.165) is 27.7 Å². The first-order chi connectivity index (χ1) is 13.5. The standard InChI is InChI=1S/C21H18ClN3O3/c1-23-15-5-6-18-16(10-15)21(14(12-24-18)4-8-20(26)27)25-11-13-3-7-19(28-2)17(22)9-13/h3,5-7,9-10,12H,4,8,11H2,2H3,(H,24,25)(H,26,27). The summed E-state index contributed by atoms with van der Waals surface area (Å²) in [6.45, 7) is 7.74. The molecule has 0 saturated heterocycles. The van der Waals surface area contributed by atoms with Gasteiger partial charge in [-0.1, -0.05) is 23.7 Å². The first-order valence-corrected chi connectivity index (χ1v) is 8.97. The van der Waals surface area contributed by atoms with Crippen molar-refractivity contribution in [2.45, 2.75) is 19.4 Å². The number of carboxylic acid groups (broad SMARTS) is 1. The van der Waals surface area contributed by atoms with Crippen molar-refractivity contribution in [3.8, 4) is 5.75 Å². The third-order valence-corrected chi connectivity index (χ3v) is 4.65. The molecule has 3 aromatic rings. The van der Waals surface area contributed by atoms with Gasteiger partial charge in [-0.05, 0) is 41.8 Å². The normalized spacial score (nSPS) is 10.5. The summed E-state index contributed by atoms with van der Waals surface area (Å²) in [6.07, 6.45) is 2.02. The lowest BCUT2D eigenvalue weighted by Gasteiger charge is -2.15. The van der Waals surface area contributed by atoms with Crippen LogP contribution in [0.15, 0.2) is 42.6 Å². The number of ether oxygens (including phenoxy) is 1. The number of hydrogen-bond acceptors (Lipinski definition) is 4. The molecule has 0 unspecified atom stereocenters. The Morgan fingerprint density at radius 3 is 2.82 bits per heavy atom. The van der Waals surface area contributed by atoms with Crippen LogP contribution in [0.1, 0.15) is 17.5 Å². The average Bonchev–Trinajstić information content (AvgIpc) is 2.70. The van der Waals surface area contributed by atoms with Gasteiger partial charge in [-0.2, -0.15) is 0 Å². The Hall–Kier alpha value is -3.30. The van der Waals surface area contributed by atoms with Crippen molar-refractivity contribution in [1.82, 2.24) is 4.98 Å². The molecule has 28 heavy (non-hydrogen) atoms. The molecule has 6 nitrogen and oxygen atoms in total. The minimum absolute atomic E-state index is 0.00125. The maximum absolute atomic E-state index is 11.0. The Labute approximate surface area is 167 Å². The number of fused-ring (bicyclic) bond motifs is 1. The maximum Gasteiger partial charge on any atom is 0.303 e. The molecule has 0 spiro atoms. The molecular formula is C21H18ClN3O3. The molecule has 0 radical (unpaired) electrons. The summed E-state index contributed by atoms with van der Waals surface area (Å²) in [7, 11) is 1.56. The van der Waals surface area contributed by atoms with E-state index in [4.69, 9.17) is 28.0 Å². The van der Waals surface area contributed by atoms with E-state index in [1.54, 1.807) is 37.6 Å². The molecule has 0 aliphatic carbocycles. The second-order valence-corrected chi connectivity index (χ2v) is 6.60. The number of aryl methyl sites for hydroxylation is 1. The van der Waals surface area contributed by atoms with Crippen molar-refractivity contribution in [3.05, 3.63) is 70.2 Å². The highest BCUT2D eigenvalue weighted by Gasteiger charge is 2.12. The lowest BCUT2D eigenvalue weighted by atomic mass is 10.0. The minimum atomic E-state index is -0.872. The monoisotopic (exact) mass is 395 g/mol. The molecule has 1 aromatic heterocycles. The summed E-state index contributed by atoms with van der Waals surface area (Å²) in [5, 5.41) is 13.7. The quantitative estimate of drug-likeness (QED) is 0.546. The number of halogens is 1. The number of rotatable bonds is 7. The minimum Gasteiger partial charge on any atom is -0.495 e. The third-order valence-electron chi connectivity index (χ3n) is 4.35. The van der Waals surface area contributed by atoms with Gasteiger partial charge < -0.3 is 15.2 Å². The van der Waals surface area contributed by atoms with Gasteiger partial charge in [-0.15, -0.1) is 0 Å². The number of methoxy groups -OCH3 is 1. The number of nitrogens with zero attached hydrogens (tertiary/aromatic N) is 2. The van der Waals surface area contributed by atoms with Crippen LogP contribution in [-0.2, 0) is 17.8 Å². The molecular weight excluding hydrogens is 378 g/mol. The van der Waals surface area contributed by atoms with Crippen molar-refractivity contribution >= 4 is 39.8 Å². The molecule has 0 aliphatic heterocycles. The number of aromatic nitrogens is 1. The summed E-state index contributed by atoms with van der Waals surface area (Å²) in [4.78, 5) is 18.9. The molecule has 2 N–H and O–H groups in total. The van der Waals surface area contributed by atoms with Crippen molar-refractivity contribution in [3.63, 3.8) is 0 Å². The molecule has 3 rings (SSSR count). The molecule has 142 valence electrons. The Kier molecular flexibility index (Phi) is 5.97. The largest absolute Gasteiger partial charge is 0.495 e. The van der Waals surface area contributed by atoms with Gasteiger partial charge in [0.2, 0.25) is 0 Å². The lowest BCUT2D eigenvalue weighted by molar-refractivity contribution is -0.136. The predicted octanol–water partition coefficient (Wildman–Crippen LogP) is 5.08. The van der Waals surface area contributed by atoms with Crippen LogP contribution >= 0.6 is 11.6 Å². The van der Waals surface area contributed by atoms with Crippen LogP contribution in [0.2, 0.25) is 5.02 Å². The summed E-state index contributed by atoms with van der Waals surface area (Å²) < 4.78 is 5.18. The van der Waals surface area contributed by atoms with E-state index in [1.165, 1.54) is 0 Å². The van der Waals surface area contributed by atoms with E-state index in [1.807, 2.05) is 12.1 Å². The molecule has 0 saturated carbocycles. The molecule has 0 fully saturated rings. The molecule has 0 atom stereocenters. The van der Waals surface area contributed by atoms with Gasteiger partial charge in [0.05, 0.1) is 24.2 Å². The Morgan fingerprint density at radius 2 is 2.14 bits per heavy atom. The van der Waals surface area contributed by atoms with Gasteiger partial charge in [0.25, 0.3) is 0 Å². The molecule has 0 amide bonds. The van der Waals surface area contributed by atoms with Crippen LogP contribution in [0.3, 0.4) is 0 Å². The fraction of sp³-hybridized carbons (Fsp3) is 0.190. The van der Waals surface area contributed by atoms with Gasteiger partial charge in [-0.3, -0.25) is 9.78 Å². The second-order valence-electron chi connectivity index (χ2n) is 6.19. The van der Waals surface area contributed by atoms with E-state index in [9.17, 15) is 4.79 Å². The van der Waals surface area contributed by atoms with Crippen LogP contribution < -0.4 is 10.1 Å². The topological polar surface area (TPSA) is 75.8 Å². The number of benzene rings is 2. The molecule has 1 heterocycles. The Balaban J connectivity index is 1.97. The van der Waals surface area contributed by atoms with E-state index in [0.29, 0.717) is 29.4 Å². The number of hydrogen-bond donors (Lipinski definition) is 2. The SMILES string of the molecule is [C-]#[N+]c1ccc2ncc(CCC(=O)O)c(NCc3ccc(OC)c(Cl)c3)c2c1. The summed E-state index contributed by atoms with van der Waals surface area (Å²) >= 11 is 6.20. The number of anilines is 1. The van der Waals surface area contributed by atoms with Gasteiger partial charge in [0.1, 0.15) is 5.75 Å². The third kappa shape index (κ3) is 4.33. The van der Waals surface area contributed by atoms with E-state index in [2.05, 4.69) is 15.1 Å². The van der Waals surface area contributed by atoms with Crippen LogP contribution in [-0.4, -0.2) is 23.2 Å². The number of nitrogens with one attached hydrogen (secondary N) is 1. The number of aliphatic carboxylic acids is 1. The first-order valence-electron chi connectivity index (χ1n) is 8.59. The van der Waals surface area contributed by atoms with Crippen molar-refractivity contribution < 1.29 is 14.6 Å². The van der Waals surface area contributed by atoms with Crippen LogP contribution in [0.4, 0.5) is 11.4 Å². The predicted molar refractivity (Wildman–Crippen MR) is 109 cm³/mol. The fourth-order valence-corrected chi connectivity index (χ4v) is 3.22. The van der Waals surface area contributed by atoms with Crippen LogP contribution in [0.5, 0.6) is 5.75 Å². The zero-order valence-corrected chi connectivity index (χ0v) is 16.0. The Morgan fingerprint density at radius 1 is 1.32 bits per heavy atom. The van der Waals surface area contributed by atoms with Gasteiger partial charge >= 0.3 is 5.97 Å². The van der Waals surface area contributed by atoms with Gasteiger partial charge in [0, 0.05) is 30.2 Å². The van der Waals surface area contributed by atoms with Crippen molar-refractivity contribution in [1.29, 1.82) is 0 Å². The van der Waals surface area contributed by atoms with E-state index >= 15 is 0 Å². The highest BCUT2D eigenvalue weighted by molar-refractivity contribution is 6.32.